The summed E-state index contributed by atoms with van der Waals surface area (Å²) in [7, 11) is 0. The lowest BCUT2D eigenvalue weighted by molar-refractivity contribution is -0.145. The summed E-state index contributed by atoms with van der Waals surface area (Å²) in [5.41, 5.74) is 1.11. The van der Waals surface area contributed by atoms with E-state index in [1.165, 1.54) is 11.3 Å². The minimum absolute atomic E-state index is 0.439. The number of thioether (sulfide) groups is 1. The highest BCUT2D eigenvalue weighted by molar-refractivity contribution is 7.98. The molecule has 2 heterocycles. The summed E-state index contributed by atoms with van der Waals surface area (Å²) >= 11 is 3.14. The maximum absolute atomic E-state index is 12.0. The van der Waals surface area contributed by atoms with Gasteiger partial charge in [0.05, 0.1) is 11.3 Å². The highest BCUT2D eigenvalue weighted by Gasteiger charge is 2.25. The van der Waals surface area contributed by atoms with Crippen LogP contribution in [0.4, 0.5) is 0 Å². The molecule has 0 aliphatic carbocycles. The standard InChI is InChI=1S/C12H13NO5S2/c14-10(15)4-7(12(17)18)13-11(16)9-3-6-5-19-2-1-8(6)20-9/h3,7H,1-2,4-5H2,(H,13,16)(H,14,15)(H,17,18). The second kappa shape index (κ2) is 6.27. The number of carboxylic acids is 2. The first-order chi connectivity index (χ1) is 9.47. The van der Waals surface area contributed by atoms with Crippen LogP contribution >= 0.6 is 23.1 Å². The molecule has 20 heavy (non-hydrogen) atoms. The average molecular weight is 315 g/mol. The van der Waals surface area contributed by atoms with Crippen molar-refractivity contribution >= 4 is 40.9 Å². The summed E-state index contributed by atoms with van der Waals surface area (Å²) in [6.07, 6.45) is 0.275. The lowest BCUT2D eigenvalue weighted by Crippen LogP contribution is -2.41. The molecule has 3 N–H and O–H groups in total. The third kappa shape index (κ3) is 3.51. The Labute approximate surface area is 123 Å². The molecule has 8 heteroatoms. The topological polar surface area (TPSA) is 104 Å². The molecule has 0 fully saturated rings. The van der Waals surface area contributed by atoms with E-state index in [0.29, 0.717) is 4.88 Å². The number of rotatable bonds is 5. The van der Waals surface area contributed by atoms with E-state index in [0.717, 1.165) is 28.4 Å². The van der Waals surface area contributed by atoms with Crippen LogP contribution in [0.3, 0.4) is 0 Å². The van der Waals surface area contributed by atoms with Gasteiger partial charge in [-0.05, 0) is 23.8 Å². The first-order valence-corrected chi connectivity index (χ1v) is 7.89. The number of amides is 1. The maximum Gasteiger partial charge on any atom is 0.326 e. The van der Waals surface area contributed by atoms with E-state index in [9.17, 15) is 14.4 Å². The van der Waals surface area contributed by atoms with E-state index in [2.05, 4.69) is 5.32 Å². The van der Waals surface area contributed by atoms with E-state index in [1.54, 1.807) is 17.8 Å². The molecule has 0 saturated carbocycles. The number of aliphatic carboxylic acids is 2. The number of hydrogen-bond acceptors (Lipinski definition) is 5. The van der Waals surface area contributed by atoms with Gasteiger partial charge in [0.15, 0.2) is 0 Å². The van der Waals surface area contributed by atoms with Crippen molar-refractivity contribution in [3.8, 4) is 0 Å². The van der Waals surface area contributed by atoms with E-state index in [-0.39, 0.29) is 0 Å². The third-order valence-electron chi connectivity index (χ3n) is 2.83. The van der Waals surface area contributed by atoms with Crippen molar-refractivity contribution < 1.29 is 24.6 Å². The second-order valence-electron chi connectivity index (χ2n) is 4.32. The van der Waals surface area contributed by atoms with Crippen LogP contribution in [0.1, 0.15) is 26.5 Å². The molecule has 0 saturated heterocycles. The molecule has 108 valence electrons. The molecule has 0 spiro atoms. The van der Waals surface area contributed by atoms with Gasteiger partial charge >= 0.3 is 11.9 Å². The second-order valence-corrected chi connectivity index (χ2v) is 6.57. The zero-order chi connectivity index (χ0) is 14.7. The van der Waals surface area contributed by atoms with Gasteiger partial charge in [-0.3, -0.25) is 9.59 Å². The molecule has 1 aromatic rings. The molecule has 1 atom stereocenters. The van der Waals surface area contributed by atoms with Crippen molar-refractivity contribution in [2.75, 3.05) is 5.75 Å². The van der Waals surface area contributed by atoms with Crippen molar-refractivity contribution in [3.05, 3.63) is 21.4 Å². The number of carbonyl (C=O) groups excluding carboxylic acids is 1. The summed E-state index contributed by atoms with van der Waals surface area (Å²) in [5, 5.41) is 19.8. The normalized spacial score (nSPS) is 15.2. The van der Waals surface area contributed by atoms with Gasteiger partial charge in [-0.15, -0.1) is 11.3 Å². The summed E-state index contributed by atoms with van der Waals surface area (Å²) in [4.78, 5) is 35.1. The maximum atomic E-state index is 12.0. The smallest absolute Gasteiger partial charge is 0.326 e. The lowest BCUT2D eigenvalue weighted by atomic mass is 10.2. The van der Waals surface area contributed by atoms with E-state index >= 15 is 0 Å². The lowest BCUT2D eigenvalue weighted by Gasteiger charge is -2.11. The predicted molar refractivity (Wildman–Crippen MR) is 75.3 cm³/mol. The van der Waals surface area contributed by atoms with Gasteiger partial charge in [0, 0.05) is 10.6 Å². The van der Waals surface area contributed by atoms with Crippen LogP contribution in [-0.2, 0) is 21.8 Å². The fourth-order valence-electron chi connectivity index (χ4n) is 1.86. The summed E-state index contributed by atoms with van der Waals surface area (Å²) in [5.74, 6) is -1.26. The summed E-state index contributed by atoms with van der Waals surface area (Å²) < 4.78 is 0. The Morgan fingerprint density at radius 3 is 2.70 bits per heavy atom. The van der Waals surface area contributed by atoms with Crippen LogP contribution in [0.15, 0.2) is 6.07 Å². The first kappa shape index (κ1) is 14.9. The summed E-state index contributed by atoms with van der Waals surface area (Å²) in [6.45, 7) is 0. The molecule has 1 aromatic heterocycles. The van der Waals surface area contributed by atoms with Gasteiger partial charge in [0.1, 0.15) is 6.04 Å². The van der Waals surface area contributed by atoms with E-state index < -0.39 is 30.3 Å². The number of carbonyl (C=O) groups is 3. The van der Waals surface area contributed by atoms with Gasteiger partial charge in [-0.1, -0.05) is 0 Å². The highest BCUT2D eigenvalue weighted by atomic mass is 32.2. The van der Waals surface area contributed by atoms with Crippen molar-refractivity contribution in [1.29, 1.82) is 0 Å². The van der Waals surface area contributed by atoms with Crippen LogP contribution in [0.25, 0.3) is 0 Å². The summed E-state index contributed by atoms with van der Waals surface area (Å²) in [6, 6.07) is 0.356. The minimum atomic E-state index is -1.41. The average Bonchev–Trinajstić information content (AvgIpc) is 2.81. The molecule has 1 amide bonds. The van der Waals surface area contributed by atoms with Crippen molar-refractivity contribution in [2.24, 2.45) is 0 Å². The number of hydrogen-bond donors (Lipinski definition) is 3. The van der Waals surface area contributed by atoms with Crippen LogP contribution < -0.4 is 5.32 Å². The van der Waals surface area contributed by atoms with Gasteiger partial charge in [0.25, 0.3) is 5.91 Å². The number of nitrogens with one attached hydrogen (secondary N) is 1. The molecule has 1 aliphatic rings. The van der Waals surface area contributed by atoms with Crippen molar-refractivity contribution in [1.82, 2.24) is 5.32 Å². The molecule has 6 nitrogen and oxygen atoms in total. The number of fused-ring (bicyclic) bond motifs is 1. The van der Waals surface area contributed by atoms with Crippen molar-refractivity contribution in [3.63, 3.8) is 0 Å². The van der Waals surface area contributed by atoms with Crippen LogP contribution in [0.5, 0.6) is 0 Å². The highest BCUT2D eigenvalue weighted by Crippen LogP contribution is 2.31. The molecule has 0 radical (unpaired) electrons. The van der Waals surface area contributed by atoms with Gasteiger partial charge in [-0.2, -0.15) is 11.8 Å². The molecule has 1 aliphatic heterocycles. The van der Waals surface area contributed by atoms with Crippen LogP contribution in [-0.4, -0.2) is 39.9 Å². The van der Waals surface area contributed by atoms with Gasteiger partial charge < -0.3 is 15.5 Å². The Morgan fingerprint density at radius 1 is 1.35 bits per heavy atom. The number of thiophene rings is 1. The Morgan fingerprint density at radius 2 is 2.10 bits per heavy atom. The first-order valence-electron chi connectivity index (χ1n) is 5.92. The monoisotopic (exact) mass is 315 g/mol. The van der Waals surface area contributed by atoms with E-state index in [1.807, 2.05) is 0 Å². The molecule has 0 bridgehead atoms. The Hall–Kier alpha value is -1.54. The predicted octanol–water partition coefficient (Wildman–Crippen LogP) is 1.20. The Bertz CT molecular complexity index is 531. The Balaban J connectivity index is 2.08. The molecular formula is C12H13NO5S2. The SMILES string of the molecule is O=C(O)CC(NC(=O)c1cc2c(s1)CCSC2)C(=O)O. The molecule has 1 unspecified atom stereocenters. The van der Waals surface area contributed by atoms with Crippen LogP contribution in [0, 0.1) is 0 Å². The molecular weight excluding hydrogens is 302 g/mol. The Kier molecular flexibility index (Phi) is 4.66. The molecule has 2 rings (SSSR count). The van der Waals surface area contributed by atoms with E-state index in [4.69, 9.17) is 10.2 Å². The zero-order valence-corrected chi connectivity index (χ0v) is 12.1. The zero-order valence-electron chi connectivity index (χ0n) is 10.4. The number of aryl methyl sites for hydroxylation is 1. The fourth-order valence-corrected chi connectivity index (χ4v) is 4.14. The van der Waals surface area contributed by atoms with Crippen molar-refractivity contribution in [2.45, 2.75) is 24.6 Å². The fraction of sp³-hybridized carbons (Fsp3) is 0.417. The minimum Gasteiger partial charge on any atom is -0.481 e. The van der Waals surface area contributed by atoms with Gasteiger partial charge in [-0.25, -0.2) is 4.79 Å². The quantitative estimate of drug-likeness (QED) is 0.754. The van der Waals surface area contributed by atoms with Crippen LogP contribution in [0.2, 0.25) is 0 Å². The number of carboxylic acid groups (broad SMARTS) is 2. The largest absolute Gasteiger partial charge is 0.481 e. The van der Waals surface area contributed by atoms with Gasteiger partial charge in [0.2, 0.25) is 0 Å². The third-order valence-corrected chi connectivity index (χ3v) is 5.08. The molecule has 0 aromatic carbocycles.